The van der Waals surface area contributed by atoms with Crippen molar-refractivity contribution in [2.24, 2.45) is 5.73 Å². The fraction of sp³-hybridized carbons (Fsp3) is 0.273. The van der Waals surface area contributed by atoms with Crippen LogP contribution in [0.1, 0.15) is 12.5 Å². The van der Waals surface area contributed by atoms with Gasteiger partial charge in [-0.2, -0.15) is 0 Å². The number of hydrogen-bond acceptors (Lipinski definition) is 3. The molecule has 1 heterocycles. The monoisotopic (exact) mass is 206 g/mol. The molecule has 0 spiro atoms. The summed E-state index contributed by atoms with van der Waals surface area (Å²) < 4.78 is 0. The summed E-state index contributed by atoms with van der Waals surface area (Å²) in [5.41, 5.74) is 6.36. The first kappa shape index (κ1) is 10.0. The molecule has 0 aliphatic heterocycles. The Kier molecular flexibility index (Phi) is 2.17. The zero-order chi connectivity index (χ0) is 11.1. The van der Waals surface area contributed by atoms with E-state index < -0.39 is 5.54 Å². The molecule has 2 rings (SSSR count). The molecule has 0 saturated heterocycles. The molecule has 1 unspecified atom stereocenters. The second-order valence-corrected chi connectivity index (χ2v) is 3.98. The highest BCUT2D eigenvalue weighted by Crippen LogP contribution is 2.33. The van der Waals surface area contributed by atoms with Crippen molar-refractivity contribution in [1.82, 2.24) is 4.98 Å². The first-order valence-corrected chi connectivity index (χ1v) is 4.75. The fourth-order valence-corrected chi connectivity index (χ4v) is 1.66. The number of aromatic amines is 1. The summed E-state index contributed by atoms with van der Waals surface area (Å²) in [6, 6.07) is 5.34. The van der Waals surface area contributed by atoms with Crippen LogP contribution < -0.4 is 5.73 Å². The lowest BCUT2D eigenvalue weighted by atomic mass is 9.92. The minimum atomic E-state index is -0.921. The van der Waals surface area contributed by atoms with Gasteiger partial charge in [0, 0.05) is 22.7 Å². The van der Waals surface area contributed by atoms with Crippen molar-refractivity contribution in [1.29, 1.82) is 0 Å². The molecular weight excluding hydrogens is 192 g/mol. The summed E-state index contributed by atoms with van der Waals surface area (Å²) >= 11 is 0. The molecule has 0 fully saturated rings. The maximum Gasteiger partial charge on any atom is 0.130 e. The van der Waals surface area contributed by atoms with Crippen molar-refractivity contribution in [3.63, 3.8) is 0 Å². The Morgan fingerprint density at radius 3 is 2.80 bits per heavy atom. The van der Waals surface area contributed by atoms with Crippen LogP contribution in [0.4, 0.5) is 0 Å². The van der Waals surface area contributed by atoms with Crippen LogP contribution in [0.2, 0.25) is 0 Å². The lowest BCUT2D eigenvalue weighted by Gasteiger charge is -2.23. The third-order valence-electron chi connectivity index (χ3n) is 2.65. The zero-order valence-corrected chi connectivity index (χ0v) is 8.49. The third kappa shape index (κ3) is 1.48. The zero-order valence-electron chi connectivity index (χ0n) is 8.49. The predicted molar refractivity (Wildman–Crippen MR) is 58.6 cm³/mol. The number of aromatic hydroxyl groups is 1. The molecule has 15 heavy (non-hydrogen) atoms. The van der Waals surface area contributed by atoms with E-state index in [1.54, 1.807) is 25.3 Å². The van der Waals surface area contributed by atoms with Gasteiger partial charge in [0.2, 0.25) is 0 Å². The summed E-state index contributed by atoms with van der Waals surface area (Å²) in [5.74, 6) is 0.132. The summed E-state index contributed by atoms with van der Waals surface area (Å²) in [5, 5.41) is 19.9. The Balaban J connectivity index is 2.67. The molecule has 0 aliphatic carbocycles. The molecule has 80 valence electrons. The van der Waals surface area contributed by atoms with Crippen molar-refractivity contribution < 1.29 is 10.2 Å². The average molecular weight is 206 g/mol. The van der Waals surface area contributed by atoms with Gasteiger partial charge < -0.3 is 20.9 Å². The van der Waals surface area contributed by atoms with Crippen molar-refractivity contribution >= 4 is 10.9 Å². The second kappa shape index (κ2) is 3.25. The number of benzene rings is 1. The molecule has 0 amide bonds. The molecule has 1 aromatic carbocycles. The van der Waals surface area contributed by atoms with E-state index in [2.05, 4.69) is 4.98 Å². The van der Waals surface area contributed by atoms with E-state index in [1.807, 2.05) is 6.07 Å². The van der Waals surface area contributed by atoms with E-state index in [0.29, 0.717) is 5.56 Å². The number of fused-ring (bicyclic) bond motifs is 1. The Hall–Kier alpha value is -1.52. The van der Waals surface area contributed by atoms with Crippen molar-refractivity contribution in [3.8, 4) is 5.75 Å². The van der Waals surface area contributed by atoms with E-state index in [0.717, 1.165) is 10.9 Å². The van der Waals surface area contributed by atoms with Crippen molar-refractivity contribution in [2.75, 3.05) is 6.61 Å². The fourth-order valence-electron chi connectivity index (χ4n) is 1.66. The van der Waals surface area contributed by atoms with Gasteiger partial charge in [0.1, 0.15) is 5.75 Å². The van der Waals surface area contributed by atoms with Crippen LogP contribution in [-0.4, -0.2) is 21.8 Å². The number of phenols is 1. The van der Waals surface area contributed by atoms with Gasteiger partial charge in [0.25, 0.3) is 0 Å². The molecule has 0 saturated carbocycles. The predicted octanol–water partition coefficient (Wildman–Crippen LogP) is 1.04. The molecule has 4 nitrogen and oxygen atoms in total. The van der Waals surface area contributed by atoms with E-state index >= 15 is 0 Å². The Morgan fingerprint density at radius 1 is 1.40 bits per heavy atom. The lowest BCUT2D eigenvalue weighted by molar-refractivity contribution is 0.207. The molecule has 0 aliphatic rings. The van der Waals surface area contributed by atoms with Crippen LogP contribution in [0.25, 0.3) is 10.9 Å². The summed E-state index contributed by atoms with van der Waals surface area (Å²) in [6.45, 7) is 1.47. The van der Waals surface area contributed by atoms with Gasteiger partial charge in [0.15, 0.2) is 0 Å². The van der Waals surface area contributed by atoms with Crippen molar-refractivity contribution in [2.45, 2.75) is 12.5 Å². The first-order valence-electron chi connectivity index (χ1n) is 4.75. The van der Waals surface area contributed by atoms with Gasteiger partial charge in [-0.3, -0.25) is 0 Å². The highest BCUT2D eigenvalue weighted by Gasteiger charge is 2.24. The minimum Gasteiger partial charge on any atom is -0.507 e. The van der Waals surface area contributed by atoms with Gasteiger partial charge in [-0.05, 0) is 19.1 Å². The van der Waals surface area contributed by atoms with Crippen LogP contribution in [0.15, 0.2) is 24.4 Å². The van der Waals surface area contributed by atoms with Crippen LogP contribution in [0.5, 0.6) is 5.75 Å². The quantitative estimate of drug-likeness (QED) is 0.592. The van der Waals surface area contributed by atoms with Crippen LogP contribution in [0.3, 0.4) is 0 Å². The third-order valence-corrected chi connectivity index (χ3v) is 2.65. The number of aromatic nitrogens is 1. The van der Waals surface area contributed by atoms with E-state index in [9.17, 15) is 5.11 Å². The van der Waals surface area contributed by atoms with Crippen LogP contribution >= 0.6 is 0 Å². The van der Waals surface area contributed by atoms with Gasteiger partial charge >= 0.3 is 0 Å². The SMILES string of the molecule is CC(N)(CO)c1ccc2[nH]ccc2c1O. The second-order valence-electron chi connectivity index (χ2n) is 3.98. The number of H-pyrrole nitrogens is 1. The molecule has 5 N–H and O–H groups in total. The largest absolute Gasteiger partial charge is 0.507 e. The molecule has 1 aromatic heterocycles. The Labute approximate surface area is 87.3 Å². The number of nitrogens with one attached hydrogen (secondary N) is 1. The summed E-state index contributed by atoms with van der Waals surface area (Å²) in [6.07, 6.45) is 1.75. The number of phenolic OH excluding ortho intramolecular Hbond substituents is 1. The standard InChI is InChI=1S/C11H14N2O2/c1-11(12,6-14)8-2-3-9-7(10(8)15)4-5-13-9/h2-5,13-15H,6,12H2,1H3. The molecule has 0 bridgehead atoms. The maximum absolute atomic E-state index is 9.99. The maximum atomic E-state index is 9.99. The van der Waals surface area contributed by atoms with E-state index in [4.69, 9.17) is 10.8 Å². The number of rotatable bonds is 2. The van der Waals surface area contributed by atoms with Gasteiger partial charge in [-0.1, -0.05) is 6.07 Å². The smallest absolute Gasteiger partial charge is 0.130 e. The van der Waals surface area contributed by atoms with Crippen LogP contribution in [-0.2, 0) is 5.54 Å². The summed E-state index contributed by atoms with van der Waals surface area (Å²) in [4.78, 5) is 2.99. The highest BCUT2D eigenvalue weighted by atomic mass is 16.3. The molecule has 1 atom stereocenters. The van der Waals surface area contributed by atoms with Gasteiger partial charge in [-0.15, -0.1) is 0 Å². The van der Waals surface area contributed by atoms with E-state index in [-0.39, 0.29) is 12.4 Å². The molecule has 0 radical (unpaired) electrons. The Bertz CT molecular complexity index is 488. The normalized spacial score (nSPS) is 15.4. The number of aliphatic hydroxyl groups is 1. The topological polar surface area (TPSA) is 82.3 Å². The van der Waals surface area contributed by atoms with Gasteiger partial charge in [-0.25, -0.2) is 0 Å². The molecule has 4 heteroatoms. The molecule has 2 aromatic rings. The number of nitrogens with two attached hydrogens (primary N) is 1. The van der Waals surface area contributed by atoms with Gasteiger partial charge in [0.05, 0.1) is 12.1 Å². The van der Waals surface area contributed by atoms with E-state index in [1.165, 1.54) is 0 Å². The minimum absolute atomic E-state index is 0.132. The van der Waals surface area contributed by atoms with Crippen molar-refractivity contribution in [3.05, 3.63) is 30.0 Å². The average Bonchev–Trinajstić information content (AvgIpc) is 2.66. The van der Waals surface area contributed by atoms with Crippen LogP contribution in [0, 0.1) is 0 Å². The number of hydrogen-bond donors (Lipinski definition) is 4. The Morgan fingerprint density at radius 2 is 2.13 bits per heavy atom. The lowest BCUT2D eigenvalue weighted by Crippen LogP contribution is -2.36. The number of aliphatic hydroxyl groups excluding tert-OH is 1. The first-order chi connectivity index (χ1) is 7.06. The highest BCUT2D eigenvalue weighted by molar-refractivity contribution is 5.87. The molecular formula is C11H14N2O2. The summed E-state index contributed by atoms with van der Waals surface area (Å²) in [7, 11) is 0.